The third-order valence-electron chi connectivity index (χ3n) is 3.78. The largest absolute Gasteiger partial charge is 0.317 e. The monoisotopic (exact) mass is 226 g/mol. The lowest BCUT2D eigenvalue weighted by Crippen LogP contribution is -2.39. The third-order valence-corrected chi connectivity index (χ3v) is 3.78. The predicted octanol–water partition coefficient (Wildman–Crippen LogP) is 2.89. The van der Waals surface area contributed by atoms with Crippen LogP contribution in [0.3, 0.4) is 0 Å². The maximum Gasteiger partial charge on any atom is 0.00953 e. The van der Waals surface area contributed by atoms with Gasteiger partial charge in [0.05, 0.1) is 0 Å². The average Bonchev–Trinajstić information content (AvgIpc) is 2.76. The molecule has 1 saturated carbocycles. The topological polar surface area (TPSA) is 15.3 Å². The Kier molecular flexibility index (Phi) is 6.37. The van der Waals surface area contributed by atoms with Gasteiger partial charge >= 0.3 is 0 Å². The van der Waals surface area contributed by atoms with E-state index in [0.717, 1.165) is 12.0 Å². The van der Waals surface area contributed by atoms with E-state index in [4.69, 9.17) is 0 Å². The number of rotatable bonds is 7. The van der Waals surface area contributed by atoms with Gasteiger partial charge in [-0.2, -0.15) is 0 Å². The summed E-state index contributed by atoms with van der Waals surface area (Å²) in [5.74, 6) is 0.797. The van der Waals surface area contributed by atoms with Crippen LogP contribution in [-0.4, -0.2) is 37.1 Å². The first-order chi connectivity index (χ1) is 7.63. The number of hydrogen-bond acceptors (Lipinski definition) is 2. The standard InChI is InChI=1S/C14H30N2/c1-12(2)11-16(10-9-13(3)15-4)14-7-5-6-8-14/h12-15H,5-11H2,1-4H3. The normalized spacial score (nSPS) is 19.9. The van der Waals surface area contributed by atoms with Gasteiger partial charge in [0.1, 0.15) is 0 Å². The molecule has 0 amide bonds. The van der Waals surface area contributed by atoms with E-state index in [0.29, 0.717) is 6.04 Å². The summed E-state index contributed by atoms with van der Waals surface area (Å²) in [6, 6.07) is 1.53. The summed E-state index contributed by atoms with van der Waals surface area (Å²) in [7, 11) is 2.06. The van der Waals surface area contributed by atoms with E-state index in [1.165, 1.54) is 45.2 Å². The highest BCUT2D eigenvalue weighted by molar-refractivity contribution is 4.79. The van der Waals surface area contributed by atoms with Gasteiger partial charge in [-0.1, -0.05) is 26.7 Å². The van der Waals surface area contributed by atoms with Crippen LogP contribution >= 0.6 is 0 Å². The highest BCUT2D eigenvalue weighted by atomic mass is 15.2. The lowest BCUT2D eigenvalue weighted by Gasteiger charge is -2.31. The highest BCUT2D eigenvalue weighted by Gasteiger charge is 2.22. The van der Waals surface area contributed by atoms with Gasteiger partial charge in [0.25, 0.3) is 0 Å². The van der Waals surface area contributed by atoms with Gasteiger partial charge in [-0.15, -0.1) is 0 Å². The Morgan fingerprint density at radius 3 is 2.31 bits per heavy atom. The minimum Gasteiger partial charge on any atom is -0.317 e. The molecule has 2 nitrogen and oxygen atoms in total. The van der Waals surface area contributed by atoms with Crippen LogP contribution in [0, 0.1) is 5.92 Å². The summed E-state index contributed by atoms with van der Waals surface area (Å²) in [6.45, 7) is 9.50. The minimum atomic E-state index is 0.649. The molecule has 0 bridgehead atoms. The van der Waals surface area contributed by atoms with E-state index < -0.39 is 0 Å². The molecule has 16 heavy (non-hydrogen) atoms. The molecule has 0 radical (unpaired) electrons. The molecular weight excluding hydrogens is 196 g/mol. The predicted molar refractivity (Wildman–Crippen MR) is 71.8 cm³/mol. The molecule has 1 fully saturated rings. The molecule has 1 unspecified atom stereocenters. The van der Waals surface area contributed by atoms with E-state index in [-0.39, 0.29) is 0 Å². The second kappa shape index (κ2) is 7.29. The lowest BCUT2D eigenvalue weighted by atomic mass is 10.1. The summed E-state index contributed by atoms with van der Waals surface area (Å²) < 4.78 is 0. The van der Waals surface area contributed by atoms with Crippen LogP contribution in [-0.2, 0) is 0 Å². The molecule has 1 N–H and O–H groups in total. The van der Waals surface area contributed by atoms with Crippen molar-refractivity contribution in [2.24, 2.45) is 5.92 Å². The van der Waals surface area contributed by atoms with E-state index in [9.17, 15) is 0 Å². The molecule has 96 valence electrons. The Balaban J connectivity index is 2.36. The van der Waals surface area contributed by atoms with Crippen molar-refractivity contribution in [3.8, 4) is 0 Å². The van der Waals surface area contributed by atoms with Gasteiger partial charge in [-0.3, -0.25) is 0 Å². The molecule has 0 aromatic carbocycles. The number of hydrogen-bond donors (Lipinski definition) is 1. The maximum absolute atomic E-state index is 3.34. The zero-order chi connectivity index (χ0) is 12.0. The summed E-state index contributed by atoms with van der Waals surface area (Å²) in [4.78, 5) is 2.74. The molecule has 2 heteroatoms. The van der Waals surface area contributed by atoms with Crippen LogP contribution < -0.4 is 5.32 Å². The van der Waals surface area contributed by atoms with Crippen LogP contribution in [0.5, 0.6) is 0 Å². The van der Waals surface area contributed by atoms with Crippen LogP contribution in [0.25, 0.3) is 0 Å². The molecule has 0 aliphatic heterocycles. The van der Waals surface area contributed by atoms with E-state index in [1.54, 1.807) is 0 Å². The fourth-order valence-corrected chi connectivity index (χ4v) is 2.67. The summed E-state index contributed by atoms with van der Waals surface area (Å²) in [5.41, 5.74) is 0. The fraction of sp³-hybridized carbons (Fsp3) is 1.00. The van der Waals surface area contributed by atoms with Gasteiger partial charge in [-0.25, -0.2) is 0 Å². The third kappa shape index (κ3) is 4.84. The van der Waals surface area contributed by atoms with Crippen molar-refractivity contribution in [2.75, 3.05) is 20.1 Å². The van der Waals surface area contributed by atoms with Crippen LogP contribution in [0.1, 0.15) is 52.9 Å². The quantitative estimate of drug-likeness (QED) is 0.718. The Hall–Kier alpha value is -0.0800. The van der Waals surface area contributed by atoms with Crippen LogP contribution in [0.15, 0.2) is 0 Å². The Bertz CT molecular complexity index is 174. The first kappa shape index (κ1) is 14.0. The number of nitrogens with one attached hydrogen (secondary N) is 1. The SMILES string of the molecule is CNC(C)CCN(CC(C)C)C1CCCC1. The molecule has 0 spiro atoms. The van der Waals surface area contributed by atoms with Crippen molar-refractivity contribution < 1.29 is 0 Å². The van der Waals surface area contributed by atoms with Gasteiger partial charge in [-0.05, 0) is 45.7 Å². The maximum atomic E-state index is 3.34. The Morgan fingerprint density at radius 1 is 1.19 bits per heavy atom. The van der Waals surface area contributed by atoms with Gasteiger partial charge < -0.3 is 10.2 Å². The summed E-state index contributed by atoms with van der Waals surface area (Å²) >= 11 is 0. The Morgan fingerprint density at radius 2 is 1.81 bits per heavy atom. The van der Waals surface area contributed by atoms with Crippen molar-refractivity contribution in [1.82, 2.24) is 10.2 Å². The molecule has 0 aromatic rings. The molecule has 1 rings (SSSR count). The van der Waals surface area contributed by atoms with Gasteiger partial charge in [0.15, 0.2) is 0 Å². The van der Waals surface area contributed by atoms with E-state index in [1.807, 2.05) is 0 Å². The first-order valence-electron chi connectivity index (χ1n) is 7.04. The summed E-state index contributed by atoms with van der Waals surface area (Å²) in [6.07, 6.45) is 7.03. The summed E-state index contributed by atoms with van der Waals surface area (Å²) in [5, 5.41) is 3.34. The molecule has 1 aliphatic carbocycles. The minimum absolute atomic E-state index is 0.649. The molecule has 0 heterocycles. The number of nitrogens with zero attached hydrogens (tertiary/aromatic N) is 1. The highest BCUT2D eigenvalue weighted by Crippen LogP contribution is 2.24. The van der Waals surface area contributed by atoms with Crippen molar-refractivity contribution in [2.45, 2.75) is 65.0 Å². The van der Waals surface area contributed by atoms with Gasteiger partial charge in [0, 0.05) is 18.6 Å². The van der Waals surface area contributed by atoms with Crippen molar-refractivity contribution in [3.63, 3.8) is 0 Å². The van der Waals surface area contributed by atoms with Crippen LogP contribution in [0.4, 0.5) is 0 Å². The molecule has 1 atom stereocenters. The average molecular weight is 226 g/mol. The smallest absolute Gasteiger partial charge is 0.00953 e. The second-order valence-electron chi connectivity index (χ2n) is 5.81. The molecule has 0 saturated heterocycles. The van der Waals surface area contributed by atoms with Gasteiger partial charge in [0.2, 0.25) is 0 Å². The first-order valence-corrected chi connectivity index (χ1v) is 7.04. The zero-order valence-corrected chi connectivity index (χ0v) is 11.6. The van der Waals surface area contributed by atoms with Crippen LogP contribution in [0.2, 0.25) is 0 Å². The van der Waals surface area contributed by atoms with Crippen molar-refractivity contribution >= 4 is 0 Å². The van der Waals surface area contributed by atoms with Crippen molar-refractivity contribution in [3.05, 3.63) is 0 Å². The fourth-order valence-electron chi connectivity index (χ4n) is 2.67. The zero-order valence-electron chi connectivity index (χ0n) is 11.6. The lowest BCUT2D eigenvalue weighted by molar-refractivity contribution is 0.170. The molecule has 1 aliphatic rings. The molecule has 0 aromatic heterocycles. The van der Waals surface area contributed by atoms with Crippen molar-refractivity contribution in [1.29, 1.82) is 0 Å². The van der Waals surface area contributed by atoms with E-state index >= 15 is 0 Å². The molecular formula is C14H30N2. The van der Waals surface area contributed by atoms with E-state index in [2.05, 4.69) is 38.0 Å². The second-order valence-corrected chi connectivity index (χ2v) is 5.81. The Labute approximate surface area is 102 Å².